The Hall–Kier alpha value is -2.03. The molecule has 4 N–H and O–H groups in total. The number of carbonyl (C=O) groups excluding carboxylic acids is 2. The van der Waals surface area contributed by atoms with Crippen LogP contribution in [-0.2, 0) is 15.0 Å². The summed E-state index contributed by atoms with van der Waals surface area (Å²) in [6.07, 6.45) is 6.24. The summed E-state index contributed by atoms with van der Waals surface area (Å²) in [6.45, 7) is -0.363. The molecule has 2 heterocycles. The van der Waals surface area contributed by atoms with Crippen molar-refractivity contribution in [3.05, 3.63) is 63.4 Å². The highest BCUT2D eigenvalue weighted by Gasteiger charge is 2.65. The van der Waals surface area contributed by atoms with Crippen LogP contribution < -0.4 is 10.6 Å². The number of hydrogen-bond donors (Lipinski definition) is 4. The first-order chi connectivity index (χ1) is 18.7. The topological polar surface area (TPSA) is 98.7 Å². The number of rotatable bonds is 10. The number of aliphatic hydroxyl groups is 2. The van der Waals surface area contributed by atoms with E-state index in [0.717, 1.165) is 24.8 Å². The van der Waals surface area contributed by atoms with Crippen LogP contribution in [0.3, 0.4) is 0 Å². The summed E-state index contributed by atoms with van der Waals surface area (Å²) in [4.78, 5) is 27.9. The molecule has 2 aromatic carbocycles. The van der Waals surface area contributed by atoms with E-state index in [2.05, 4.69) is 10.6 Å². The zero-order chi connectivity index (χ0) is 27.7. The molecule has 6 nitrogen and oxygen atoms in total. The second-order valence-electron chi connectivity index (χ2n) is 11.3. The summed E-state index contributed by atoms with van der Waals surface area (Å²) in [5, 5.41) is 25.9. The van der Waals surface area contributed by atoms with Crippen LogP contribution in [0.15, 0.2) is 36.4 Å². The molecule has 1 spiro atoms. The van der Waals surface area contributed by atoms with E-state index >= 15 is 0 Å². The van der Waals surface area contributed by atoms with Crippen molar-refractivity contribution in [3.63, 3.8) is 0 Å². The number of amides is 1. The summed E-state index contributed by atoms with van der Waals surface area (Å²) < 4.78 is 15.0. The Labute approximate surface area is 238 Å². The van der Waals surface area contributed by atoms with Crippen LogP contribution in [0, 0.1) is 11.7 Å². The number of hydrogen-bond acceptors (Lipinski definition) is 5. The minimum absolute atomic E-state index is 0.0751. The number of nitrogens with one attached hydrogen (secondary N) is 2. The van der Waals surface area contributed by atoms with Crippen LogP contribution >= 0.6 is 23.2 Å². The lowest BCUT2D eigenvalue weighted by Gasteiger charge is -2.36. The predicted molar refractivity (Wildman–Crippen MR) is 150 cm³/mol. The van der Waals surface area contributed by atoms with E-state index in [9.17, 15) is 24.2 Å². The fraction of sp³-hybridized carbons (Fsp3) is 0.533. The molecular formula is C30H35Cl2FN2O4. The van der Waals surface area contributed by atoms with Crippen molar-refractivity contribution in [2.45, 2.75) is 87.3 Å². The van der Waals surface area contributed by atoms with Gasteiger partial charge in [-0.05, 0) is 67.0 Å². The third-order valence-corrected chi connectivity index (χ3v) is 9.47. The summed E-state index contributed by atoms with van der Waals surface area (Å²) in [5.41, 5.74) is 0.458. The van der Waals surface area contributed by atoms with Crippen molar-refractivity contribution in [2.24, 2.45) is 5.92 Å². The van der Waals surface area contributed by atoms with Crippen LogP contribution in [0.1, 0.15) is 74.8 Å². The molecule has 2 aliphatic heterocycles. The van der Waals surface area contributed by atoms with E-state index in [-0.39, 0.29) is 29.7 Å². The van der Waals surface area contributed by atoms with Crippen LogP contribution in [0.4, 0.5) is 10.1 Å². The van der Waals surface area contributed by atoms with Gasteiger partial charge >= 0.3 is 0 Å². The highest BCUT2D eigenvalue weighted by molar-refractivity contribution is 6.31. The number of Topliss-reactive ketones (excluding diaryl/α,β-unsaturated/α-hetero) is 1. The fourth-order valence-electron chi connectivity index (χ4n) is 7.12. The van der Waals surface area contributed by atoms with E-state index in [1.807, 2.05) is 6.07 Å². The quantitative estimate of drug-likeness (QED) is 0.299. The number of benzene rings is 2. The lowest BCUT2D eigenvalue weighted by Crippen LogP contribution is -2.48. The van der Waals surface area contributed by atoms with Crippen molar-refractivity contribution >= 4 is 40.6 Å². The molecule has 39 heavy (non-hydrogen) atoms. The maximum Gasteiger partial charge on any atom is 0.237 e. The molecule has 1 saturated carbocycles. The predicted octanol–water partition coefficient (Wildman–Crippen LogP) is 5.51. The SMILES string of the molecule is O=C(CCC[C@H](O)CO)[C@@H]1N[C@H](CCC2CCCC2)[C@]2(C(=O)Nc3cc(Cl)c(F)cc32)[C@H]1c1cccc(Cl)c1. The van der Waals surface area contributed by atoms with Crippen molar-refractivity contribution in [2.75, 3.05) is 11.9 Å². The van der Waals surface area contributed by atoms with Crippen molar-refractivity contribution < 1.29 is 24.2 Å². The summed E-state index contributed by atoms with van der Waals surface area (Å²) >= 11 is 12.5. The summed E-state index contributed by atoms with van der Waals surface area (Å²) in [5.74, 6) is -1.06. The van der Waals surface area contributed by atoms with Gasteiger partial charge in [0.05, 0.1) is 23.8 Å². The molecule has 210 valence electrons. The largest absolute Gasteiger partial charge is 0.394 e. The van der Waals surface area contributed by atoms with Crippen LogP contribution in [-0.4, -0.2) is 46.7 Å². The molecule has 3 aliphatic rings. The van der Waals surface area contributed by atoms with Crippen LogP contribution in [0.2, 0.25) is 10.0 Å². The molecule has 1 aliphatic carbocycles. The highest BCUT2D eigenvalue weighted by Crippen LogP contribution is 2.56. The monoisotopic (exact) mass is 576 g/mol. The second kappa shape index (κ2) is 11.8. The van der Waals surface area contributed by atoms with Gasteiger partial charge in [0.25, 0.3) is 0 Å². The first kappa shape index (κ1) is 28.5. The van der Waals surface area contributed by atoms with Gasteiger partial charge in [0, 0.05) is 29.1 Å². The van der Waals surface area contributed by atoms with E-state index in [0.29, 0.717) is 41.5 Å². The van der Waals surface area contributed by atoms with Crippen molar-refractivity contribution in [3.8, 4) is 0 Å². The van der Waals surface area contributed by atoms with Gasteiger partial charge in [0.15, 0.2) is 0 Å². The van der Waals surface area contributed by atoms with Gasteiger partial charge in [-0.1, -0.05) is 61.0 Å². The number of carbonyl (C=O) groups is 2. The van der Waals surface area contributed by atoms with Gasteiger partial charge in [0.2, 0.25) is 5.91 Å². The average molecular weight is 578 g/mol. The van der Waals surface area contributed by atoms with Gasteiger partial charge in [0.1, 0.15) is 17.0 Å². The smallest absolute Gasteiger partial charge is 0.237 e. The normalized spacial score (nSPS) is 27.2. The Balaban J connectivity index is 1.60. The number of fused-ring (bicyclic) bond motifs is 2. The Morgan fingerprint density at radius 3 is 2.64 bits per heavy atom. The summed E-state index contributed by atoms with van der Waals surface area (Å²) in [6, 6.07) is 8.85. The number of halogens is 3. The number of ketones is 1. The Bertz CT molecular complexity index is 1240. The van der Waals surface area contributed by atoms with Gasteiger partial charge < -0.3 is 20.8 Å². The van der Waals surface area contributed by atoms with Gasteiger partial charge in [-0.2, -0.15) is 0 Å². The van der Waals surface area contributed by atoms with E-state index in [1.54, 1.807) is 18.2 Å². The highest BCUT2D eigenvalue weighted by atomic mass is 35.5. The van der Waals surface area contributed by atoms with E-state index < -0.39 is 35.3 Å². The maximum absolute atomic E-state index is 15.0. The standard InChI is InChI=1S/C30H35Cl2FN2O4/c31-19-8-3-7-18(13-19)27-28(25(38)10-4-9-20(37)16-36)35-26(12-11-17-5-1-2-6-17)30(27)21-14-23(33)22(32)15-24(21)34-29(30)39/h3,7-8,13-15,17,20,26-28,35-37H,1-2,4-6,9-12,16H2,(H,34,39)/t20-,26+,27-,28-,30-/m0/s1. The lowest BCUT2D eigenvalue weighted by molar-refractivity contribution is -0.122. The zero-order valence-electron chi connectivity index (χ0n) is 21.8. The van der Waals surface area contributed by atoms with Crippen LogP contribution in [0.5, 0.6) is 0 Å². The minimum Gasteiger partial charge on any atom is -0.394 e. The Morgan fingerprint density at radius 1 is 1.15 bits per heavy atom. The van der Waals surface area contributed by atoms with Crippen molar-refractivity contribution in [1.82, 2.24) is 5.32 Å². The molecule has 2 aromatic rings. The Kier molecular flexibility index (Phi) is 8.65. The first-order valence-electron chi connectivity index (χ1n) is 13.9. The maximum atomic E-state index is 15.0. The van der Waals surface area contributed by atoms with Gasteiger partial charge in [-0.25, -0.2) is 4.39 Å². The van der Waals surface area contributed by atoms with Gasteiger partial charge in [-0.15, -0.1) is 0 Å². The molecule has 1 amide bonds. The summed E-state index contributed by atoms with van der Waals surface area (Å²) in [7, 11) is 0. The molecule has 2 fully saturated rings. The second-order valence-corrected chi connectivity index (χ2v) is 12.1. The molecule has 5 atom stereocenters. The third kappa shape index (κ3) is 5.36. The number of anilines is 1. The van der Waals surface area contributed by atoms with E-state index in [4.69, 9.17) is 23.2 Å². The van der Waals surface area contributed by atoms with Gasteiger partial charge in [-0.3, -0.25) is 9.59 Å². The molecule has 1 saturated heterocycles. The molecule has 0 unspecified atom stereocenters. The van der Waals surface area contributed by atoms with Crippen LogP contribution in [0.25, 0.3) is 0 Å². The minimum atomic E-state index is -1.24. The Morgan fingerprint density at radius 2 is 1.92 bits per heavy atom. The molecule has 5 rings (SSSR count). The first-order valence-corrected chi connectivity index (χ1v) is 14.7. The molecule has 0 bridgehead atoms. The van der Waals surface area contributed by atoms with E-state index in [1.165, 1.54) is 25.0 Å². The van der Waals surface area contributed by atoms with Crippen molar-refractivity contribution in [1.29, 1.82) is 0 Å². The molecule has 0 aromatic heterocycles. The molecule has 0 radical (unpaired) electrons. The number of aliphatic hydroxyl groups excluding tert-OH is 2. The zero-order valence-corrected chi connectivity index (χ0v) is 23.3. The fourth-order valence-corrected chi connectivity index (χ4v) is 7.49. The lowest BCUT2D eigenvalue weighted by atomic mass is 9.63. The molecule has 9 heteroatoms. The third-order valence-electron chi connectivity index (χ3n) is 8.95. The molecular weight excluding hydrogens is 542 g/mol. The average Bonchev–Trinajstić information content (AvgIpc) is 3.61.